The number of benzene rings is 1. The van der Waals surface area contributed by atoms with Crippen molar-refractivity contribution in [3.05, 3.63) is 47.9 Å². The van der Waals surface area contributed by atoms with Crippen molar-refractivity contribution >= 4 is 34.4 Å². The number of H-pyrrole nitrogens is 1. The van der Waals surface area contributed by atoms with E-state index in [-0.39, 0.29) is 6.04 Å². The maximum Gasteiger partial charge on any atom is 0.313 e. The lowest BCUT2D eigenvalue weighted by Crippen LogP contribution is -2.46. The first kappa shape index (κ1) is 19.9. The summed E-state index contributed by atoms with van der Waals surface area (Å²) in [4.78, 5) is 39.0. The molecule has 0 radical (unpaired) electrons. The number of hydrogen-bond donors (Lipinski definition) is 3. The summed E-state index contributed by atoms with van der Waals surface area (Å²) in [6.07, 6.45) is 5.63. The van der Waals surface area contributed by atoms with Crippen LogP contribution in [-0.4, -0.2) is 38.2 Å². The van der Waals surface area contributed by atoms with Crippen LogP contribution in [0.2, 0.25) is 0 Å². The zero-order valence-electron chi connectivity index (χ0n) is 17.2. The Bertz CT molecular complexity index is 1090. The number of amides is 2. The summed E-state index contributed by atoms with van der Waals surface area (Å²) in [6, 6.07) is 7.55. The van der Waals surface area contributed by atoms with Gasteiger partial charge in [-0.05, 0) is 54.5 Å². The van der Waals surface area contributed by atoms with Gasteiger partial charge in [0.15, 0.2) is 0 Å². The summed E-state index contributed by atoms with van der Waals surface area (Å²) in [5, 5.41) is 2.69. The highest BCUT2D eigenvalue weighted by atomic mass is 16.2. The number of nitrogens with zero attached hydrogens (tertiary/aromatic N) is 3. The van der Waals surface area contributed by atoms with Crippen molar-refractivity contribution < 1.29 is 9.59 Å². The molecule has 2 aromatic heterocycles. The molecule has 0 bridgehead atoms. The molecule has 156 valence electrons. The molecule has 1 aliphatic rings. The molecule has 30 heavy (non-hydrogen) atoms. The second-order valence-corrected chi connectivity index (χ2v) is 7.91. The van der Waals surface area contributed by atoms with E-state index in [2.05, 4.69) is 27.2 Å². The minimum absolute atomic E-state index is 0.150. The van der Waals surface area contributed by atoms with E-state index in [4.69, 9.17) is 5.73 Å². The zero-order valence-corrected chi connectivity index (χ0v) is 17.2. The van der Waals surface area contributed by atoms with Crippen LogP contribution in [0, 0.1) is 5.92 Å². The molecule has 0 saturated carbocycles. The van der Waals surface area contributed by atoms with Crippen LogP contribution in [0.4, 0.5) is 11.5 Å². The van der Waals surface area contributed by atoms with Gasteiger partial charge in [-0.25, -0.2) is 9.97 Å². The number of imidazole rings is 1. The SMILES string of the molecule is CCc1cc(NC(=O)C(=O)N2C[C@@H](C)CC[C@@H]2c2ccc3nc[nH]c3c2)cnc1N. The van der Waals surface area contributed by atoms with Crippen LogP contribution in [0.1, 0.15) is 43.9 Å². The van der Waals surface area contributed by atoms with Gasteiger partial charge in [-0.15, -0.1) is 0 Å². The Morgan fingerprint density at radius 2 is 2.10 bits per heavy atom. The van der Waals surface area contributed by atoms with Crippen molar-refractivity contribution in [2.75, 3.05) is 17.6 Å². The lowest BCUT2D eigenvalue weighted by molar-refractivity contribution is -0.146. The standard InChI is InChI=1S/C22H26N6O2/c1-3-14-8-16(10-24-20(14)23)27-21(29)22(30)28-11-13(2)4-7-19(28)15-5-6-17-18(9-15)26-12-25-17/h5-6,8-10,12-13,19H,3-4,7,11H2,1-2H3,(H2,23,24)(H,25,26)(H,27,29)/t13-,19+/m0/s1. The Hall–Kier alpha value is -3.42. The average molecular weight is 406 g/mol. The van der Waals surface area contributed by atoms with E-state index in [9.17, 15) is 9.59 Å². The number of nitrogens with two attached hydrogens (primary N) is 1. The lowest BCUT2D eigenvalue weighted by Gasteiger charge is -2.38. The number of carbonyl (C=O) groups excluding carboxylic acids is 2. The molecule has 4 rings (SSSR count). The molecule has 8 nitrogen and oxygen atoms in total. The van der Waals surface area contributed by atoms with Gasteiger partial charge in [-0.2, -0.15) is 0 Å². The van der Waals surface area contributed by atoms with Crippen LogP contribution < -0.4 is 11.1 Å². The number of pyridine rings is 1. The smallest absolute Gasteiger partial charge is 0.313 e. The van der Waals surface area contributed by atoms with Crippen LogP contribution >= 0.6 is 0 Å². The van der Waals surface area contributed by atoms with Crippen molar-refractivity contribution in [1.82, 2.24) is 19.9 Å². The zero-order chi connectivity index (χ0) is 21.3. The summed E-state index contributed by atoms with van der Waals surface area (Å²) < 4.78 is 0. The number of fused-ring (bicyclic) bond motifs is 1. The molecule has 3 heterocycles. The van der Waals surface area contributed by atoms with Crippen LogP contribution in [0.3, 0.4) is 0 Å². The van der Waals surface area contributed by atoms with Gasteiger partial charge in [-0.3, -0.25) is 9.59 Å². The van der Waals surface area contributed by atoms with Gasteiger partial charge in [0.2, 0.25) is 0 Å². The third-order valence-corrected chi connectivity index (χ3v) is 5.74. The summed E-state index contributed by atoms with van der Waals surface area (Å²) in [5.41, 5.74) is 9.93. The first-order chi connectivity index (χ1) is 14.5. The number of anilines is 2. The molecule has 0 spiro atoms. The molecule has 4 N–H and O–H groups in total. The highest BCUT2D eigenvalue weighted by molar-refractivity contribution is 6.39. The highest BCUT2D eigenvalue weighted by Crippen LogP contribution is 2.34. The topological polar surface area (TPSA) is 117 Å². The first-order valence-corrected chi connectivity index (χ1v) is 10.3. The van der Waals surface area contributed by atoms with Crippen molar-refractivity contribution in [3.8, 4) is 0 Å². The molecular weight excluding hydrogens is 380 g/mol. The Morgan fingerprint density at radius 1 is 1.27 bits per heavy atom. The molecular formula is C22H26N6O2. The van der Waals surface area contributed by atoms with Gasteiger partial charge in [0.1, 0.15) is 5.82 Å². The number of carbonyl (C=O) groups is 2. The Balaban J connectivity index is 1.56. The number of aromatic nitrogens is 3. The molecule has 3 aromatic rings. The molecule has 0 unspecified atom stereocenters. The number of hydrogen-bond acceptors (Lipinski definition) is 5. The number of aryl methyl sites for hydroxylation is 1. The number of aromatic amines is 1. The summed E-state index contributed by atoms with van der Waals surface area (Å²) in [7, 11) is 0. The van der Waals surface area contributed by atoms with Crippen molar-refractivity contribution in [2.24, 2.45) is 5.92 Å². The Labute approximate surface area is 174 Å². The second-order valence-electron chi connectivity index (χ2n) is 7.91. The number of likely N-dealkylation sites (tertiary alicyclic amines) is 1. The van der Waals surface area contributed by atoms with Crippen LogP contribution in [0.25, 0.3) is 11.0 Å². The van der Waals surface area contributed by atoms with E-state index in [0.29, 0.717) is 30.4 Å². The first-order valence-electron chi connectivity index (χ1n) is 10.3. The third-order valence-electron chi connectivity index (χ3n) is 5.74. The normalized spacial score (nSPS) is 19.1. The molecule has 8 heteroatoms. The van der Waals surface area contributed by atoms with E-state index in [1.165, 1.54) is 6.20 Å². The molecule has 1 aliphatic heterocycles. The average Bonchev–Trinajstić information content (AvgIpc) is 3.22. The Morgan fingerprint density at radius 3 is 2.90 bits per heavy atom. The van der Waals surface area contributed by atoms with Crippen LogP contribution in [-0.2, 0) is 16.0 Å². The maximum atomic E-state index is 13.1. The minimum Gasteiger partial charge on any atom is -0.383 e. The van der Waals surface area contributed by atoms with Crippen molar-refractivity contribution in [2.45, 2.75) is 39.2 Å². The van der Waals surface area contributed by atoms with Gasteiger partial charge < -0.3 is 20.9 Å². The second kappa shape index (κ2) is 8.14. The molecule has 2 atom stereocenters. The van der Waals surface area contributed by atoms with E-state index in [1.54, 1.807) is 17.3 Å². The van der Waals surface area contributed by atoms with Gasteiger partial charge in [-0.1, -0.05) is 19.9 Å². The number of rotatable bonds is 3. The number of nitrogens with one attached hydrogen (secondary N) is 2. The fourth-order valence-electron chi connectivity index (χ4n) is 4.07. The van der Waals surface area contributed by atoms with Gasteiger partial charge >= 0.3 is 11.8 Å². The summed E-state index contributed by atoms with van der Waals surface area (Å²) in [6.45, 7) is 4.60. The fraction of sp³-hybridized carbons (Fsp3) is 0.364. The minimum atomic E-state index is -0.662. The highest BCUT2D eigenvalue weighted by Gasteiger charge is 2.34. The largest absolute Gasteiger partial charge is 0.383 e. The van der Waals surface area contributed by atoms with Crippen LogP contribution in [0.15, 0.2) is 36.8 Å². The lowest BCUT2D eigenvalue weighted by atomic mass is 9.89. The van der Waals surface area contributed by atoms with Gasteiger partial charge in [0.05, 0.1) is 35.3 Å². The monoisotopic (exact) mass is 406 g/mol. The van der Waals surface area contributed by atoms with Crippen molar-refractivity contribution in [3.63, 3.8) is 0 Å². The number of piperidine rings is 1. The molecule has 1 saturated heterocycles. The predicted octanol–water partition coefficient (Wildman–Crippen LogP) is 3.04. The summed E-state index contributed by atoms with van der Waals surface area (Å²) in [5.74, 6) is -0.434. The van der Waals surface area contributed by atoms with Gasteiger partial charge in [0, 0.05) is 6.54 Å². The quantitative estimate of drug-likeness (QED) is 0.578. The maximum absolute atomic E-state index is 13.1. The van der Waals surface area contributed by atoms with Crippen LogP contribution in [0.5, 0.6) is 0 Å². The third kappa shape index (κ3) is 3.85. The van der Waals surface area contributed by atoms with E-state index in [0.717, 1.165) is 35.0 Å². The molecule has 0 aliphatic carbocycles. The van der Waals surface area contributed by atoms with Crippen molar-refractivity contribution in [1.29, 1.82) is 0 Å². The Kier molecular flexibility index (Phi) is 5.39. The fourth-order valence-corrected chi connectivity index (χ4v) is 4.07. The molecule has 1 aromatic carbocycles. The molecule has 1 fully saturated rings. The molecule has 2 amide bonds. The van der Waals surface area contributed by atoms with E-state index >= 15 is 0 Å². The summed E-state index contributed by atoms with van der Waals surface area (Å²) >= 11 is 0. The van der Waals surface area contributed by atoms with Gasteiger partial charge in [0.25, 0.3) is 0 Å². The number of nitrogen functional groups attached to an aromatic ring is 1. The van der Waals surface area contributed by atoms with E-state index in [1.807, 2.05) is 25.1 Å². The van der Waals surface area contributed by atoms with E-state index < -0.39 is 11.8 Å². The predicted molar refractivity (Wildman–Crippen MR) is 116 cm³/mol.